The number of carbonyl (C=O) groups is 1. The van der Waals surface area contributed by atoms with E-state index in [1.165, 1.54) is 20.0 Å². The smallest absolute Gasteiger partial charge is 0.312 e. The first kappa shape index (κ1) is 9.52. The van der Waals surface area contributed by atoms with Crippen molar-refractivity contribution in [2.45, 2.75) is 32.7 Å². The Kier molecular flexibility index (Phi) is 2.73. The van der Waals surface area contributed by atoms with Crippen molar-refractivity contribution in [1.29, 1.82) is 0 Å². The zero-order valence-electron chi connectivity index (χ0n) is 8.02. The molecule has 1 rings (SSSR count). The fraction of sp³-hybridized carbons (Fsp3) is 0.889. The van der Waals surface area contributed by atoms with Gasteiger partial charge in [0, 0.05) is 12.6 Å². The molecule has 0 saturated heterocycles. The Bertz CT molecular complexity index is 173. The molecule has 0 radical (unpaired) electrons. The molecule has 0 aromatic carbocycles. The molecule has 0 aromatic heterocycles. The van der Waals surface area contributed by atoms with Gasteiger partial charge in [-0.2, -0.15) is 0 Å². The third kappa shape index (κ3) is 2.48. The highest BCUT2D eigenvalue weighted by Crippen LogP contribution is 2.22. The molecule has 0 amide bonds. The highest BCUT2D eigenvalue weighted by atomic mass is 16.5. The van der Waals surface area contributed by atoms with Crippen LogP contribution in [-0.4, -0.2) is 25.7 Å². The van der Waals surface area contributed by atoms with E-state index in [4.69, 9.17) is 0 Å². The van der Waals surface area contributed by atoms with Gasteiger partial charge in [-0.3, -0.25) is 4.79 Å². The van der Waals surface area contributed by atoms with Crippen LogP contribution in [0.15, 0.2) is 0 Å². The second-order valence-corrected chi connectivity index (χ2v) is 4.03. The van der Waals surface area contributed by atoms with Crippen LogP contribution in [0.4, 0.5) is 0 Å². The van der Waals surface area contributed by atoms with Crippen molar-refractivity contribution in [3.63, 3.8) is 0 Å². The van der Waals surface area contributed by atoms with Gasteiger partial charge in [-0.1, -0.05) is 0 Å². The van der Waals surface area contributed by atoms with Crippen molar-refractivity contribution in [2.24, 2.45) is 5.41 Å². The third-order valence-electron chi connectivity index (χ3n) is 2.15. The first-order valence-corrected chi connectivity index (χ1v) is 4.38. The molecule has 1 N–H and O–H groups in total. The minimum Gasteiger partial charge on any atom is -0.469 e. The minimum absolute atomic E-state index is 0.143. The van der Waals surface area contributed by atoms with Crippen LogP contribution in [0.5, 0.6) is 0 Å². The second kappa shape index (κ2) is 3.44. The molecule has 1 aliphatic carbocycles. The molecular weight excluding hydrogens is 154 g/mol. The van der Waals surface area contributed by atoms with E-state index in [1.54, 1.807) is 0 Å². The first-order valence-electron chi connectivity index (χ1n) is 4.38. The quantitative estimate of drug-likeness (QED) is 0.640. The van der Waals surface area contributed by atoms with E-state index in [1.807, 2.05) is 13.8 Å². The molecule has 0 atom stereocenters. The lowest BCUT2D eigenvalue weighted by Crippen LogP contribution is -2.37. The molecule has 0 aromatic rings. The summed E-state index contributed by atoms with van der Waals surface area (Å²) < 4.78 is 4.69. The summed E-state index contributed by atoms with van der Waals surface area (Å²) in [5.41, 5.74) is -0.392. The maximum absolute atomic E-state index is 11.2. The molecule has 0 aliphatic heterocycles. The molecule has 1 saturated carbocycles. The lowest BCUT2D eigenvalue weighted by atomic mass is 9.94. The highest BCUT2D eigenvalue weighted by molar-refractivity contribution is 5.76. The Labute approximate surface area is 73.5 Å². The predicted octanol–water partition coefficient (Wildman–Crippen LogP) is 0.938. The largest absolute Gasteiger partial charge is 0.469 e. The minimum atomic E-state index is -0.392. The average Bonchev–Trinajstić information content (AvgIpc) is 2.82. The predicted molar refractivity (Wildman–Crippen MR) is 46.8 cm³/mol. The standard InChI is InChI=1S/C9H17NO2/c1-9(2,8(11)12-3)6-10-7-4-5-7/h7,10H,4-6H2,1-3H3. The summed E-state index contributed by atoms with van der Waals surface area (Å²) in [7, 11) is 1.43. The third-order valence-corrected chi connectivity index (χ3v) is 2.15. The van der Waals surface area contributed by atoms with Crippen molar-refractivity contribution in [2.75, 3.05) is 13.7 Å². The van der Waals surface area contributed by atoms with Gasteiger partial charge < -0.3 is 10.1 Å². The van der Waals surface area contributed by atoms with E-state index >= 15 is 0 Å². The molecular formula is C9H17NO2. The van der Waals surface area contributed by atoms with Crippen LogP contribution in [0.1, 0.15) is 26.7 Å². The van der Waals surface area contributed by atoms with E-state index in [9.17, 15) is 4.79 Å². The summed E-state index contributed by atoms with van der Waals surface area (Å²) in [6, 6.07) is 0.647. The SMILES string of the molecule is COC(=O)C(C)(C)CNC1CC1. The van der Waals surface area contributed by atoms with E-state index in [2.05, 4.69) is 10.1 Å². The van der Waals surface area contributed by atoms with Crippen molar-refractivity contribution < 1.29 is 9.53 Å². The van der Waals surface area contributed by atoms with E-state index in [0.29, 0.717) is 12.6 Å². The topological polar surface area (TPSA) is 38.3 Å². The maximum atomic E-state index is 11.2. The van der Waals surface area contributed by atoms with Crippen molar-refractivity contribution in [1.82, 2.24) is 5.32 Å². The van der Waals surface area contributed by atoms with E-state index < -0.39 is 5.41 Å². The fourth-order valence-corrected chi connectivity index (χ4v) is 1.04. The van der Waals surface area contributed by atoms with Gasteiger partial charge in [-0.05, 0) is 26.7 Å². The molecule has 0 heterocycles. The molecule has 0 unspecified atom stereocenters. The average molecular weight is 171 g/mol. The van der Waals surface area contributed by atoms with Crippen molar-refractivity contribution in [3.05, 3.63) is 0 Å². The summed E-state index contributed by atoms with van der Waals surface area (Å²) in [5, 5.41) is 3.31. The number of hydrogen-bond acceptors (Lipinski definition) is 3. The Morgan fingerprint density at radius 2 is 2.17 bits per heavy atom. The molecule has 0 spiro atoms. The van der Waals surface area contributed by atoms with Gasteiger partial charge in [0.25, 0.3) is 0 Å². The number of nitrogens with one attached hydrogen (secondary N) is 1. The fourth-order valence-electron chi connectivity index (χ4n) is 1.04. The summed E-state index contributed by atoms with van der Waals surface area (Å²) in [6.07, 6.45) is 2.49. The van der Waals surface area contributed by atoms with E-state index in [-0.39, 0.29) is 5.97 Å². The van der Waals surface area contributed by atoms with Gasteiger partial charge in [-0.25, -0.2) is 0 Å². The molecule has 70 valence electrons. The van der Waals surface area contributed by atoms with Gasteiger partial charge in [0.15, 0.2) is 0 Å². The van der Waals surface area contributed by atoms with Crippen LogP contribution in [0, 0.1) is 5.41 Å². The molecule has 1 aliphatic rings. The van der Waals surface area contributed by atoms with Gasteiger partial charge in [0.2, 0.25) is 0 Å². The monoisotopic (exact) mass is 171 g/mol. The van der Waals surface area contributed by atoms with Crippen LogP contribution in [0.2, 0.25) is 0 Å². The number of hydrogen-bond donors (Lipinski definition) is 1. The van der Waals surface area contributed by atoms with Gasteiger partial charge >= 0.3 is 5.97 Å². The molecule has 0 bridgehead atoms. The Morgan fingerprint density at radius 3 is 2.58 bits per heavy atom. The zero-order chi connectivity index (χ0) is 9.19. The molecule has 12 heavy (non-hydrogen) atoms. The molecule has 1 fully saturated rings. The number of ether oxygens (including phenoxy) is 1. The maximum Gasteiger partial charge on any atom is 0.312 e. The summed E-state index contributed by atoms with van der Waals surface area (Å²) in [5.74, 6) is -0.143. The van der Waals surface area contributed by atoms with Crippen LogP contribution < -0.4 is 5.32 Å². The normalized spacial score (nSPS) is 17.6. The van der Waals surface area contributed by atoms with Crippen molar-refractivity contribution in [3.8, 4) is 0 Å². The second-order valence-electron chi connectivity index (χ2n) is 4.03. The van der Waals surface area contributed by atoms with Gasteiger partial charge in [0.05, 0.1) is 12.5 Å². The number of carbonyl (C=O) groups excluding carboxylic acids is 1. The number of esters is 1. The van der Waals surface area contributed by atoms with Gasteiger partial charge in [0.1, 0.15) is 0 Å². The zero-order valence-corrected chi connectivity index (χ0v) is 8.02. The molecule has 3 nitrogen and oxygen atoms in total. The summed E-state index contributed by atoms with van der Waals surface area (Å²) >= 11 is 0. The van der Waals surface area contributed by atoms with Gasteiger partial charge in [-0.15, -0.1) is 0 Å². The van der Waals surface area contributed by atoms with Crippen LogP contribution in [0.25, 0.3) is 0 Å². The lowest BCUT2D eigenvalue weighted by Gasteiger charge is -2.21. The van der Waals surface area contributed by atoms with Crippen LogP contribution >= 0.6 is 0 Å². The number of rotatable bonds is 4. The lowest BCUT2D eigenvalue weighted by molar-refractivity contribution is -0.150. The van der Waals surface area contributed by atoms with Crippen LogP contribution in [0.3, 0.4) is 0 Å². The number of methoxy groups -OCH3 is 1. The first-order chi connectivity index (χ1) is 5.56. The Hall–Kier alpha value is -0.570. The van der Waals surface area contributed by atoms with Crippen LogP contribution in [-0.2, 0) is 9.53 Å². The highest BCUT2D eigenvalue weighted by Gasteiger charge is 2.31. The Morgan fingerprint density at radius 1 is 1.58 bits per heavy atom. The summed E-state index contributed by atoms with van der Waals surface area (Å²) in [4.78, 5) is 11.2. The Balaban J connectivity index is 2.29. The van der Waals surface area contributed by atoms with E-state index in [0.717, 1.165) is 0 Å². The van der Waals surface area contributed by atoms with Crippen molar-refractivity contribution >= 4 is 5.97 Å². The molecule has 3 heteroatoms. The summed E-state index contributed by atoms with van der Waals surface area (Å²) in [6.45, 7) is 4.51.